The van der Waals surface area contributed by atoms with Gasteiger partial charge in [0.1, 0.15) is 0 Å². The predicted molar refractivity (Wildman–Crippen MR) is 266 cm³/mol. The van der Waals surface area contributed by atoms with Gasteiger partial charge >= 0.3 is 0 Å². The van der Waals surface area contributed by atoms with Crippen molar-refractivity contribution in [3.05, 3.63) is 286 Å². The van der Waals surface area contributed by atoms with Crippen LogP contribution in [0.15, 0.2) is 240 Å². The molecule has 0 bridgehead atoms. The summed E-state index contributed by atoms with van der Waals surface area (Å²) in [7, 11) is 0. The second-order valence-electron chi connectivity index (χ2n) is 17.0. The van der Waals surface area contributed by atoms with E-state index in [-0.39, 0.29) is 11.8 Å². The molecular weight excluding hydrogens is 797 g/mol. The summed E-state index contributed by atoms with van der Waals surface area (Å²) in [5.41, 5.74) is 15.5. The summed E-state index contributed by atoms with van der Waals surface area (Å²) < 4.78 is 2.67. The van der Waals surface area contributed by atoms with Crippen molar-refractivity contribution in [3.63, 3.8) is 0 Å². The molecule has 1 spiro atoms. The Morgan fingerprint density at radius 2 is 0.873 bits per heavy atom. The van der Waals surface area contributed by atoms with Crippen LogP contribution in [0.3, 0.4) is 0 Å². The highest BCUT2D eigenvalue weighted by Gasteiger charge is 2.50. The molecule has 0 nitrogen and oxygen atoms in total. The first-order valence-electron chi connectivity index (χ1n) is 21.9. The van der Waals surface area contributed by atoms with Gasteiger partial charge in [0.25, 0.3) is 0 Å². The Kier molecular flexibility index (Phi) is 8.47. The van der Waals surface area contributed by atoms with Crippen molar-refractivity contribution in [1.29, 1.82) is 0 Å². The van der Waals surface area contributed by atoms with Crippen LogP contribution in [0, 0.1) is 0 Å². The van der Waals surface area contributed by atoms with Crippen LogP contribution in [0.2, 0.25) is 0 Å². The van der Waals surface area contributed by atoms with Gasteiger partial charge < -0.3 is 0 Å². The van der Waals surface area contributed by atoms with E-state index in [1.807, 2.05) is 23.1 Å². The summed E-state index contributed by atoms with van der Waals surface area (Å²) >= 11 is 3.86. The highest BCUT2D eigenvalue weighted by molar-refractivity contribution is 7.99. The highest BCUT2D eigenvalue weighted by atomic mass is 32.2. The number of fused-ring (bicyclic) bond motifs is 14. The maximum atomic E-state index is 2.59. The molecule has 2 aliphatic rings. The Bertz CT molecular complexity index is 3460. The molecule has 296 valence electrons. The van der Waals surface area contributed by atoms with Gasteiger partial charge in [0.15, 0.2) is 0 Å². The van der Waals surface area contributed by atoms with Crippen LogP contribution in [-0.4, -0.2) is 0 Å². The van der Waals surface area contributed by atoms with Gasteiger partial charge in [0, 0.05) is 41.8 Å². The van der Waals surface area contributed by atoms with Crippen LogP contribution < -0.4 is 0 Å². The molecule has 2 heterocycles. The Morgan fingerprint density at radius 3 is 1.56 bits per heavy atom. The lowest BCUT2D eigenvalue weighted by atomic mass is 9.67. The Hall–Kier alpha value is -6.97. The molecule has 1 unspecified atom stereocenters. The number of thiophene rings is 1. The van der Waals surface area contributed by atoms with Crippen molar-refractivity contribution >= 4 is 54.0 Å². The van der Waals surface area contributed by atoms with E-state index in [0.29, 0.717) is 0 Å². The predicted octanol–water partition coefficient (Wildman–Crippen LogP) is 16.4. The lowest BCUT2D eigenvalue weighted by molar-refractivity contribution is 0.720. The van der Waals surface area contributed by atoms with Gasteiger partial charge in [-0.3, -0.25) is 0 Å². The third-order valence-corrected chi connectivity index (χ3v) is 16.1. The number of rotatable bonds is 6. The number of hydrogen-bond acceptors (Lipinski definition) is 2. The maximum absolute atomic E-state index is 2.59. The molecule has 0 radical (unpaired) electrons. The van der Waals surface area contributed by atoms with Crippen molar-refractivity contribution in [2.75, 3.05) is 0 Å². The van der Waals surface area contributed by atoms with Crippen molar-refractivity contribution in [2.45, 2.75) is 27.0 Å². The van der Waals surface area contributed by atoms with Crippen LogP contribution in [0.1, 0.15) is 67.5 Å². The van der Waals surface area contributed by atoms with Crippen molar-refractivity contribution in [1.82, 2.24) is 0 Å². The smallest absolute Gasteiger partial charge is 0.0735 e. The van der Waals surface area contributed by atoms with E-state index in [9.17, 15) is 0 Å². The molecule has 1 aliphatic carbocycles. The molecule has 11 aromatic rings. The fourth-order valence-electron chi connectivity index (χ4n) is 11.2. The Balaban J connectivity index is 1.07. The van der Waals surface area contributed by atoms with E-state index < -0.39 is 5.41 Å². The minimum Gasteiger partial charge on any atom is -0.135 e. The van der Waals surface area contributed by atoms with Crippen LogP contribution in [0.25, 0.3) is 42.1 Å². The minimum atomic E-state index is -0.442. The first kappa shape index (κ1) is 36.7. The zero-order valence-corrected chi connectivity index (χ0v) is 36.0. The molecule has 63 heavy (non-hydrogen) atoms. The molecule has 2 heteroatoms. The van der Waals surface area contributed by atoms with Gasteiger partial charge in [0.05, 0.1) is 5.41 Å². The molecule has 1 aromatic heterocycles. The van der Waals surface area contributed by atoms with Gasteiger partial charge in [-0.1, -0.05) is 218 Å². The molecule has 0 N–H and O–H groups in total. The molecule has 0 saturated carbocycles. The fraction of sp³-hybridized carbons (Fsp3) is 0.0492. The van der Waals surface area contributed by atoms with Gasteiger partial charge in [-0.15, -0.1) is 11.3 Å². The lowest BCUT2D eigenvalue weighted by Crippen LogP contribution is -2.32. The normalized spacial score (nSPS) is 13.9. The third-order valence-electron chi connectivity index (χ3n) is 13.8. The Labute approximate surface area is 376 Å². The first-order chi connectivity index (χ1) is 31.3. The quantitative estimate of drug-likeness (QED) is 0.150. The van der Waals surface area contributed by atoms with E-state index in [4.69, 9.17) is 0 Å². The molecule has 13 rings (SSSR count). The molecule has 1 atom stereocenters. The van der Waals surface area contributed by atoms with Gasteiger partial charge in [-0.2, -0.15) is 0 Å². The maximum Gasteiger partial charge on any atom is 0.0735 e. The Morgan fingerprint density at radius 1 is 0.349 bits per heavy atom. The molecule has 0 amide bonds. The monoisotopic (exact) mass is 836 g/mol. The largest absolute Gasteiger partial charge is 0.135 e. The fourth-order valence-corrected chi connectivity index (χ4v) is 13.7. The summed E-state index contributed by atoms with van der Waals surface area (Å²) in [5.74, 6) is 0.119. The van der Waals surface area contributed by atoms with Gasteiger partial charge in [0.2, 0.25) is 0 Å². The van der Waals surface area contributed by atoms with Crippen molar-refractivity contribution in [2.24, 2.45) is 0 Å². The summed E-state index contributed by atoms with van der Waals surface area (Å²) in [4.78, 5) is 2.65. The average molecular weight is 837 g/mol. The highest BCUT2D eigenvalue weighted by Crippen LogP contribution is 2.62. The standard InChI is InChI=1S/C61H40S2/c1-4-18-39(19-5-1)57(40-20-6-2-7-21-40)44-33-35-48-56(38-44)63-60-49(36-42-24-10-11-25-45(42)59(48)60)58(41-22-8-3-9-23-41)43-32-34-47-46-26-12-13-27-50(46)61(53(47)37-43)51-28-14-16-30-54(51)62-55-31-17-15-29-52(55)61/h1-38,57-58H. The van der Waals surface area contributed by atoms with Crippen molar-refractivity contribution in [3.8, 4) is 11.1 Å². The topological polar surface area (TPSA) is 0 Å². The second kappa shape index (κ2) is 14.6. The van der Waals surface area contributed by atoms with E-state index in [2.05, 4.69) is 231 Å². The summed E-state index contributed by atoms with van der Waals surface area (Å²) in [6.45, 7) is 0. The molecular formula is C61H40S2. The van der Waals surface area contributed by atoms with Gasteiger partial charge in [-0.05, 0) is 102 Å². The van der Waals surface area contributed by atoms with E-state index >= 15 is 0 Å². The SMILES string of the molecule is c1ccc(C(c2ccccc2)c2ccc3c(c2)sc2c(C(c4ccccc4)c4ccc5c(c4)C4(c6ccccc6Sc6ccccc64)c4ccccc4-5)cc4ccccc4c23)cc1. The number of benzene rings is 10. The average Bonchev–Trinajstić information content (AvgIpc) is 3.87. The zero-order valence-electron chi connectivity index (χ0n) is 34.4. The second-order valence-corrected chi connectivity index (χ2v) is 19.2. The molecule has 10 aromatic carbocycles. The van der Waals surface area contributed by atoms with Crippen LogP contribution in [-0.2, 0) is 5.41 Å². The van der Waals surface area contributed by atoms with Crippen LogP contribution in [0.5, 0.6) is 0 Å². The molecule has 0 fully saturated rings. The van der Waals surface area contributed by atoms with E-state index in [1.165, 1.54) is 107 Å². The first-order valence-corrected chi connectivity index (χ1v) is 23.5. The van der Waals surface area contributed by atoms with E-state index in [0.717, 1.165) is 0 Å². The summed E-state index contributed by atoms with van der Waals surface area (Å²) in [6, 6.07) is 86.8. The third kappa shape index (κ3) is 5.55. The summed E-state index contributed by atoms with van der Waals surface area (Å²) in [6.07, 6.45) is 0. The van der Waals surface area contributed by atoms with E-state index in [1.54, 1.807) is 0 Å². The van der Waals surface area contributed by atoms with Gasteiger partial charge in [-0.25, -0.2) is 0 Å². The number of hydrogen-bond donors (Lipinski definition) is 0. The molecule has 0 saturated heterocycles. The minimum absolute atomic E-state index is 0.0123. The molecule has 1 aliphatic heterocycles. The van der Waals surface area contributed by atoms with Crippen molar-refractivity contribution < 1.29 is 0 Å². The van der Waals surface area contributed by atoms with Crippen LogP contribution >= 0.6 is 23.1 Å². The zero-order chi connectivity index (χ0) is 41.5. The van der Waals surface area contributed by atoms with Crippen LogP contribution in [0.4, 0.5) is 0 Å². The lowest BCUT2D eigenvalue weighted by Gasteiger charge is -2.40. The summed E-state index contributed by atoms with van der Waals surface area (Å²) in [5, 5.41) is 5.25.